The average molecular weight is 384 g/mol. The second-order valence-corrected chi connectivity index (χ2v) is 7.78. The Hall–Kier alpha value is -2.63. The fraction of sp³-hybridized carbons (Fsp3) is 0.238. The van der Waals surface area contributed by atoms with Gasteiger partial charge in [0.2, 0.25) is 0 Å². The minimum atomic E-state index is -1.05. The standard InChI is InChI=1S/C21H22ClN3O2/c1-21(2,3)23-13-17-18(20(26)27)24-25(16-7-5-4-6-8-16)19(17)14-9-11-15(22)12-10-14/h4-12,23H,13H2,1-3H3,(H,26,27). The molecule has 2 aromatic carbocycles. The smallest absolute Gasteiger partial charge is 0.356 e. The molecule has 0 atom stereocenters. The van der Waals surface area contributed by atoms with Gasteiger partial charge in [0.25, 0.3) is 0 Å². The first-order valence-electron chi connectivity index (χ1n) is 8.68. The second kappa shape index (κ2) is 7.55. The Kier molecular flexibility index (Phi) is 5.35. The van der Waals surface area contributed by atoms with Crippen LogP contribution in [0.2, 0.25) is 5.02 Å². The Morgan fingerprint density at radius 2 is 1.74 bits per heavy atom. The molecule has 3 rings (SSSR count). The minimum Gasteiger partial charge on any atom is -0.476 e. The molecule has 3 aromatic rings. The molecule has 27 heavy (non-hydrogen) atoms. The fourth-order valence-corrected chi connectivity index (χ4v) is 2.93. The summed E-state index contributed by atoms with van der Waals surface area (Å²) in [6.07, 6.45) is 0. The summed E-state index contributed by atoms with van der Waals surface area (Å²) in [4.78, 5) is 11.9. The van der Waals surface area contributed by atoms with Crippen molar-refractivity contribution in [2.75, 3.05) is 0 Å². The molecule has 0 saturated heterocycles. The maximum Gasteiger partial charge on any atom is 0.356 e. The Bertz CT molecular complexity index is 942. The quantitative estimate of drug-likeness (QED) is 0.665. The van der Waals surface area contributed by atoms with E-state index >= 15 is 0 Å². The van der Waals surface area contributed by atoms with Crippen molar-refractivity contribution < 1.29 is 9.90 Å². The molecule has 2 N–H and O–H groups in total. The number of benzene rings is 2. The highest BCUT2D eigenvalue weighted by Crippen LogP contribution is 2.30. The number of carbonyl (C=O) groups is 1. The van der Waals surface area contributed by atoms with Crippen molar-refractivity contribution in [3.05, 3.63) is 70.9 Å². The largest absolute Gasteiger partial charge is 0.476 e. The van der Waals surface area contributed by atoms with Gasteiger partial charge in [0.1, 0.15) is 0 Å². The number of nitrogens with one attached hydrogen (secondary N) is 1. The van der Waals surface area contributed by atoms with Crippen molar-refractivity contribution >= 4 is 17.6 Å². The van der Waals surface area contributed by atoms with Crippen LogP contribution in [0.25, 0.3) is 16.9 Å². The third-order valence-electron chi connectivity index (χ3n) is 4.10. The summed E-state index contributed by atoms with van der Waals surface area (Å²) in [6.45, 7) is 6.50. The minimum absolute atomic E-state index is 0.0422. The highest BCUT2D eigenvalue weighted by atomic mass is 35.5. The van der Waals surface area contributed by atoms with Gasteiger partial charge in [-0.25, -0.2) is 9.48 Å². The summed E-state index contributed by atoms with van der Waals surface area (Å²) >= 11 is 6.04. The highest BCUT2D eigenvalue weighted by molar-refractivity contribution is 6.30. The summed E-state index contributed by atoms with van der Waals surface area (Å²) in [7, 11) is 0. The molecular weight excluding hydrogens is 362 g/mol. The number of carboxylic acid groups (broad SMARTS) is 1. The van der Waals surface area contributed by atoms with Gasteiger partial charge in [0.15, 0.2) is 5.69 Å². The lowest BCUT2D eigenvalue weighted by atomic mass is 10.0. The Balaban J connectivity index is 2.24. The van der Waals surface area contributed by atoms with E-state index in [0.717, 1.165) is 16.9 Å². The van der Waals surface area contributed by atoms with E-state index in [9.17, 15) is 9.90 Å². The van der Waals surface area contributed by atoms with Gasteiger partial charge in [-0.05, 0) is 45.0 Å². The molecular formula is C21H22ClN3O2. The zero-order valence-corrected chi connectivity index (χ0v) is 16.3. The predicted octanol–water partition coefficient (Wildman–Crippen LogP) is 4.78. The summed E-state index contributed by atoms with van der Waals surface area (Å²) in [5.41, 5.74) is 2.92. The molecule has 0 bridgehead atoms. The van der Waals surface area contributed by atoms with Crippen LogP contribution in [0.5, 0.6) is 0 Å². The molecule has 5 nitrogen and oxygen atoms in total. The molecule has 0 unspecified atom stereocenters. The summed E-state index contributed by atoms with van der Waals surface area (Å²) < 4.78 is 1.69. The van der Waals surface area contributed by atoms with Crippen LogP contribution in [0.1, 0.15) is 36.8 Å². The van der Waals surface area contributed by atoms with E-state index in [4.69, 9.17) is 11.6 Å². The van der Waals surface area contributed by atoms with Gasteiger partial charge in [-0.1, -0.05) is 41.9 Å². The van der Waals surface area contributed by atoms with Crippen molar-refractivity contribution in [2.24, 2.45) is 0 Å². The molecule has 1 aromatic heterocycles. The monoisotopic (exact) mass is 383 g/mol. The van der Waals surface area contributed by atoms with Gasteiger partial charge in [-0.2, -0.15) is 5.10 Å². The van der Waals surface area contributed by atoms with Gasteiger partial charge in [-0.15, -0.1) is 0 Å². The van der Waals surface area contributed by atoms with Crippen LogP contribution in [0.15, 0.2) is 54.6 Å². The van der Waals surface area contributed by atoms with Crippen LogP contribution in [-0.2, 0) is 6.54 Å². The van der Waals surface area contributed by atoms with Crippen LogP contribution in [0.3, 0.4) is 0 Å². The third kappa shape index (κ3) is 4.38. The Morgan fingerprint density at radius 1 is 1.11 bits per heavy atom. The van der Waals surface area contributed by atoms with Crippen molar-refractivity contribution in [2.45, 2.75) is 32.9 Å². The Morgan fingerprint density at radius 3 is 2.30 bits per heavy atom. The molecule has 0 saturated carbocycles. The first-order valence-corrected chi connectivity index (χ1v) is 9.05. The zero-order chi connectivity index (χ0) is 19.6. The van der Waals surface area contributed by atoms with Crippen LogP contribution >= 0.6 is 11.6 Å². The van der Waals surface area contributed by atoms with Gasteiger partial charge in [-0.3, -0.25) is 0 Å². The lowest BCUT2D eigenvalue weighted by Crippen LogP contribution is -2.35. The van der Waals surface area contributed by atoms with Crippen LogP contribution in [0.4, 0.5) is 0 Å². The number of hydrogen-bond acceptors (Lipinski definition) is 3. The van der Waals surface area contributed by atoms with E-state index in [-0.39, 0.29) is 11.2 Å². The van der Waals surface area contributed by atoms with Crippen molar-refractivity contribution in [3.8, 4) is 16.9 Å². The number of carboxylic acids is 1. The number of hydrogen-bond donors (Lipinski definition) is 2. The molecule has 0 aliphatic heterocycles. The first-order chi connectivity index (χ1) is 12.8. The number of para-hydroxylation sites is 1. The van der Waals surface area contributed by atoms with Crippen LogP contribution < -0.4 is 5.32 Å². The first kappa shape index (κ1) is 19.1. The molecule has 1 heterocycles. The maximum absolute atomic E-state index is 11.9. The summed E-state index contributed by atoms with van der Waals surface area (Å²) in [5.74, 6) is -1.05. The van der Waals surface area contributed by atoms with Gasteiger partial charge in [0.05, 0.1) is 11.4 Å². The molecule has 140 valence electrons. The molecule has 0 aliphatic carbocycles. The number of nitrogens with zero attached hydrogens (tertiary/aromatic N) is 2. The normalized spacial score (nSPS) is 11.6. The molecule has 6 heteroatoms. The fourth-order valence-electron chi connectivity index (χ4n) is 2.80. The van der Waals surface area contributed by atoms with E-state index < -0.39 is 5.97 Å². The lowest BCUT2D eigenvalue weighted by Gasteiger charge is -2.21. The number of aromatic nitrogens is 2. The van der Waals surface area contributed by atoms with Crippen LogP contribution in [-0.4, -0.2) is 26.4 Å². The maximum atomic E-state index is 11.9. The lowest BCUT2D eigenvalue weighted by molar-refractivity contribution is 0.0688. The predicted molar refractivity (Wildman–Crippen MR) is 108 cm³/mol. The van der Waals surface area contributed by atoms with E-state index in [1.807, 2.05) is 63.2 Å². The number of aromatic carboxylic acids is 1. The summed E-state index contributed by atoms with van der Waals surface area (Å²) in [6, 6.07) is 16.9. The van der Waals surface area contributed by atoms with Crippen LogP contribution in [0, 0.1) is 0 Å². The van der Waals surface area contributed by atoms with E-state index in [0.29, 0.717) is 17.1 Å². The van der Waals surface area contributed by atoms with Crippen molar-refractivity contribution in [1.82, 2.24) is 15.1 Å². The van der Waals surface area contributed by atoms with Gasteiger partial charge >= 0.3 is 5.97 Å². The highest BCUT2D eigenvalue weighted by Gasteiger charge is 2.25. The molecule has 0 spiro atoms. The second-order valence-electron chi connectivity index (χ2n) is 7.34. The average Bonchev–Trinajstić information content (AvgIpc) is 3.00. The van der Waals surface area contributed by atoms with Gasteiger partial charge in [0, 0.05) is 28.2 Å². The number of halogens is 1. The molecule has 0 radical (unpaired) electrons. The number of rotatable bonds is 5. The molecule has 0 fully saturated rings. The topological polar surface area (TPSA) is 67.2 Å². The van der Waals surface area contributed by atoms with Crippen molar-refractivity contribution in [3.63, 3.8) is 0 Å². The summed E-state index contributed by atoms with van der Waals surface area (Å²) in [5, 5.41) is 18.2. The van der Waals surface area contributed by atoms with E-state index in [1.54, 1.807) is 16.8 Å². The molecule has 0 amide bonds. The molecule has 0 aliphatic rings. The third-order valence-corrected chi connectivity index (χ3v) is 4.35. The van der Waals surface area contributed by atoms with E-state index in [1.165, 1.54) is 0 Å². The van der Waals surface area contributed by atoms with Gasteiger partial charge < -0.3 is 10.4 Å². The SMILES string of the molecule is CC(C)(C)NCc1c(C(=O)O)nn(-c2ccccc2)c1-c1ccc(Cl)cc1. The zero-order valence-electron chi connectivity index (χ0n) is 15.5. The Labute approximate surface area is 163 Å². The van der Waals surface area contributed by atoms with E-state index in [2.05, 4.69) is 10.4 Å². The van der Waals surface area contributed by atoms with Crippen molar-refractivity contribution in [1.29, 1.82) is 0 Å².